The molecule has 124 valence electrons. The molecule has 1 amide bonds. The van der Waals surface area contributed by atoms with Crippen LogP contribution in [0.3, 0.4) is 0 Å². The molecule has 0 heterocycles. The summed E-state index contributed by atoms with van der Waals surface area (Å²) in [6, 6.07) is 16.4. The van der Waals surface area contributed by atoms with Gasteiger partial charge in [0, 0.05) is 12.6 Å². The number of rotatable bonds is 6. The number of hydrogen-bond donors (Lipinski definition) is 1. The summed E-state index contributed by atoms with van der Waals surface area (Å²) in [5, 5.41) is 9.38. The molecule has 0 aromatic heterocycles. The quantitative estimate of drug-likeness (QED) is 0.879. The van der Waals surface area contributed by atoms with Crippen molar-refractivity contribution in [3.8, 4) is 0 Å². The number of benzene rings is 2. The molecule has 4 nitrogen and oxygen atoms in total. The second-order valence-electron chi connectivity index (χ2n) is 6.35. The summed E-state index contributed by atoms with van der Waals surface area (Å²) < 4.78 is 0. The van der Waals surface area contributed by atoms with Gasteiger partial charge in [0.2, 0.25) is 0 Å². The van der Waals surface area contributed by atoms with E-state index < -0.39 is 5.97 Å². The van der Waals surface area contributed by atoms with Gasteiger partial charge >= 0.3 is 5.97 Å². The first kappa shape index (κ1) is 16.2. The van der Waals surface area contributed by atoms with Crippen molar-refractivity contribution >= 4 is 11.9 Å². The van der Waals surface area contributed by atoms with E-state index in [0.29, 0.717) is 12.5 Å². The Hall–Kier alpha value is -2.62. The lowest BCUT2D eigenvalue weighted by Crippen LogP contribution is -2.40. The summed E-state index contributed by atoms with van der Waals surface area (Å²) in [6.07, 6.45) is 2.25. The van der Waals surface area contributed by atoms with Crippen LogP contribution in [-0.2, 0) is 6.54 Å². The van der Waals surface area contributed by atoms with Crippen molar-refractivity contribution in [1.29, 1.82) is 0 Å². The second kappa shape index (κ2) is 6.87. The van der Waals surface area contributed by atoms with Gasteiger partial charge in [-0.15, -0.1) is 0 Å². The lowest BCUT2D eigenvalue weighted by atomic mass is 10.0. The fourth-order valence-electron chi connectivity index (χ4n) is 3.02. The van der Waals surface area contributed by atoms with Gasteiger partial charge in [0.15, 0.2) is 0 Å². The van der Waals surface area contributed by atoms with Crippen molar-refractivity contribution < 1.29 is 14.7 Å². The van der Waals surface area contributed by atoms with E-state index in [-0.39, 0.29) is 23.1 Å². The van der Waals surface area contributed by atoms with Crippen LogP contribution in [0.15, 0.2) is 54.6 Å². The first-order chi connectivity index (χ1) is 11.6. The summed E-state index contributed by atoms with van der Waals surface area (Å²) in [4.78, 5) is 26.4. The van der Waals surface area contributed by atoms with Gasteiger partial charge in [-0.1, -0.05) is 42.5 Å². The fraction of sp³-hybridized carbons (Fsp3) is 0.300. The number of carboxylic acids is 1. The van der Waals surface area contributed by atoms with Crippen LogP contribution >= 0.6 is 0 Å². The monoisotopic (exact) mass is 323 g/mol. The zero-order valence-corrected chi connectivity index (χ0v) is 13.7. The van der Waals surface area contributed by atoms with E-state index >= 15 is 0 Å². The SMILES string of the molecule is CC(C1CC1)N(Cc1ccccc1)C(=O)c1ccccc1C(=O)O. The van der Waals surface area contributed by atoms with E-state index in [2.05, 4.69) is 6.92 Å². The molecule has 3 rings (SSSR count). The van der Waals surface area contributed by atoms with Crippen LogP contribution < -0.4 is 0 Å². The van der Waals surface area contributed by atoms with Crippen LogP contribution in [0, 0.1) is 5.92 Å². The highest BCUT2D eigenvalue weighted by atomic mass is 16.4. The molecule has 1 atom stereocenters. The van der Waals surface area contributed by atoms with Gasteiger partial charge in [0.1, 0.15) is 0 Å². The Labute approximate surface area is 141 Å². The van der Waals surface area contributed by atoms with E-state index in [9.17, 15) is 14.7 Å². The molecule has 4 heteroatoms. The summed E-state index contributed by atoms with van der Waals surface area (Å²) in [6.45, 7) is 2.55. The Morgan fingerprint density at radius 1 is 1.04 bits per heavy atom. The average Bonchev–Trinajstić information content (AvgIpc) is 3.44. The summed E-state index contributed by atoms with van der Waals surface area (Å²) >= 11 is 0. The van der Waals surface area contributed by atoms with Crippen molar-refractivity contribution in [2.45, 2.75) is 32.4 Å². The number of hydrogen-bond acceptors (Lipinski definition) is 2. The van der Waals surface area contributed by atoms with Crippen LogP contribution in [0.5, 0.6) is 0 Å². The Balaban J connectivity index is 1.93. The first-order valence-electron chi connectivity index (χ1n) is 8.25. The highest BCUT2D eigenvalue weighted by Gasteiger charge is 2.35. The molecule has 0 bridgehead atoms. The molecule has 1 N–H and O–H groups in total. The maximum atomic E-state index is 13.1. The number of amides is 1. The number of aromatic carboxylic acids is 1. The fourth-order valence-corrected chi connectivity index (χ4v) is 3.02. The highest BCUT2D eigenvalue weighted by Crippen LogP contribution is 2.36. The second-order valence-corrected chi connectivity index (χ2v) is 6.35. The number of carbonyl (C=O) groups excluding carboxylic acids is 1. The third-order valence-corrected chi connectivity index (χ3v) is 4.64. The van der Waals surface area contributed by atoms with E-state index in [1.807, 2.05) is 35.2 Å². The largest absolute Gasteiger partial charge is 0.478 e. The molecule has 2 aromatic carbocycles. The minimum Gasteiger partial charge on any atom is -0.478 e. The van der Waals surface area contributed by atoms with Crippen LogP contribution in [0.1, 0.15) is 46.0 Å². The smallest absolute Gasteiger partial charge is 0.336 e. The topological polar surface area (TPSA) is 57.6 Å². The van der Waals surface area contributed by atoms with Crippen molar-refractivity contribution in [3.05, 3.63) is 71.3 Å². The zero-order chi connectivity index (χ0) is 17.1. The van der Waals surface area contributed by atoms with Crippen LogP contribution in [0.4, 0.5) is 0 Å². The van der Waals surface area contributed by atoms with E-state index in [0.717, 1.165) is 18.4 Å². The predicted octanol–water partition coefficient (Wildman–Crippen LogP) is 3.83. The number of nitrogens with zero attached hydrogens (tertiary/aromatic N) is 1. The van der Waals surface area contributed by atoms with Gasteiger partial charge in [-0.2, -0.15) is 0 Å². The minimum atomic E-state index is -1.07. The third-order valence-electron chi connectivity index (χ3n) is 4.64. The van der Waals surface area contributed by atoms with Crippen molar-refractivity contribution in [2.75, 3.05) is 0 Å². The molecule has 24 heavy (non-hydrogen) atoms. The Bertz CT molecular complexity index is 738. The van der Waals surface area contributed by atoms with Gasteiger partial charge in [-0.25, -0.2) is 4.79 Å². The Kier molecular flexibility index (Phi) is 4.65. The molecule has 0 radical (unpaired) electrons. The van der Waals surface area contributed by atoms with Gasteiger partial charge in [0.25, 0.3) is 5.91 Å². The lowest BCUT2D eigenvalue weighted by molar-refractivity contribution is 0.0628. The van der Waals surface area contributed by atoms with E-state index in [1.54, 1.807) is 18.2 Å². The maximum Gasteiger partial charge on any atom is 0.336 e. The summed E-state index contributed by atoms with van der Waals surface area (Å²) in [7, 11) is 0. The summed E-state index contributed by atoms with van der Waals surface area (Å²) in [5.74, 6) is -0.774. The molecule has 2 aromatic rings. The number of carboxylic acid groups (broad SMARTS) is 1. The van der Waals surface area contributed by atoms with E-state index in [1.165, 1.54) is 6.07 Å². The molecule has 1 fully saturated rings. The van der Waals surface area contributed by atoms with Crippen molar-refractivity contribution in [1.82, 2.24) is 4.90 Å². The molecular formula is C20H21NO3. The normalized spacial score (nSPS) is 14.9. The Morgan fingerprint density at radius 3 is 2.21 bits per heavy atom. The van der Waals surface area contributed by atoms with Crippen LogP contribution in [0.2, 0.25) is 0 Å². The highest BCUT2D eigenvalue weighted by molar-refractivity contribution is 6.04. The predicted molar refractivity (Wildman–Crippen MR) is 91.9 cm³/mol. The molecule has 0 spiro atoms. The average molecular weight is 323 g/mol. The summed E-state index contributed by atoms with van der Waals surface area (Å²) in [5.41, 5.74) is 1.36. The molecule has 1 saturated carbocycles. The lowest BCUT2D eigenvalue weighted by Gasteiger charge is -2.30. The molecule has 0 saturated heterocycles. The van der Waals surface area contributed by atoms with Gasteiger partial charge in [-0.3, -0.25) is 4.79 Å². The van der Waals surface area contributed by atoms with Crippen molar-refractivity contribution in [2.24, 2.45) is 5.92 Å². The molecule has 1 aliphatic carbocycles. The first-order valence-corrected chi connectivity index (χ1v) is 8.25. The minimum absolute atomic E-state index is 0.0589. The Morgan fingerprint density at radius 2 is 1.62 bits per heavy atom. The number of carbonyl (C=O) groups is 2. The molecular weight excluding hydrogens is 302 g/mol. The maximum absolute atomic E-state index is 13.1. The van der Waals surface area contributed by atoms with Gasteiger partial charge in [0.05, 0.1) is 11.1 Å². The third kappa shape index (κ3) is 3.48. The standard InChI is InChI=1S/C20H21NO3/c1-14(16-11-12-16)21(13-15-7-3-2-4-8-15)19(22)17-9-5-6-10-18(17)20(23)24/h2-10,14,16H,11-13H2,1H3,(H,23,24). The van der Waals surface area contributed by atoms with Crippen LogP contribution in [-0.4, -0.2) is 27.9 Å². The van der Waals surface area contributed by atoms with E-state index in [4.69, 9.17) is 0 Å². The molecule has 1 unspecified atom stereocenters. The zero-order valence-electron chi connectivity index (χ0n) is 13.7. The van der Waals surface area contributed by atoms with Crippen LogP contribution in [0.25, 0.3) is 0 Å². The molecule has 0 aliphatic heterocycles. The van der Waals surface area contributed by atoms with Gasteiger partial charge < -0.3 is 10.0 Å². The van der Waals surface area contributed by atoms with Crippen molar-refractivity contribution in [3.63, 3.8) is 0 Å². The molecule has 1 aliphatic rings. The van der Waals surface area contributed by atoms with Gasteiger partial charge in [-0.05, 0) is 43.4 Å².